The third kappa shape index (κ3) is 4.15. The molecule has 0 bridgehead atoms. The largest absolute Gasteiger partial charge is 0.501 e. The fourth-order valence-corrected chi connectivity index (χ4v) is 2.64. The van der Waals surface area contributed by atoms with Gasteiger partial charge in [-0.1, -0.05) is 24.6 Å². The summed E-state index contributed by atoms with van der Waals surface area (Å²) in [5.74, 6) is 0.797. The Balaban J connectivity index is 2.06. The summed E-state index contributed by atoms with van der Waals surface area (Å²) in [6.45, 7) is 5.88. The van der Waals surface area contributed by atoms with Gasteiger partial charge in [0.1, 0.15) is 11.9 Å². The van der Waals surface area contributed by atoms with Gasteiger partial charge in [0.15, 0.2) is 0 Å². The van der Waals surface area contributed by atoms with Gasteiger partial charge in [0, 0.05) is 5.02 Å². The van der Waals surface area contributed by atoms with E-state index < -0.39 is 0 Å². The number of benzene rings is 1. The van der Waals surface area contributed by atoms with Crippen molar-refractivity contribution in [3.05, 3.63) is 41.1 Å². The normalized spacial score (nSPS) is 17.9. The topological polar surface area (TPSA) is 30.5 Å². The van der Waals surface area contributed by atoms with Crippen molar-refractivity contribution in [2.24, 2.45) is 0 Å². The van der Waals surface area contributed by atoms with Gasteiger partial charge in [0.25, 0.3) is 0 Å². The molecule has 1 heterocycles. The molecule has 1 aromatic rings. The second-order valence-electron chi connectivity index (χ2n) is 4.98. The van der Waals surface area contributed by atoms with Gasteiger partial charge >= 0.3 is 0 Å². The fourth-order valence-electron chi connectivity index (χ4n) is 2.45. The average molecular weight is 296 g/mol. The first-order valence-corrected chi connectivity index (χ1v) is 7.54. The summed E-state index contributed by atoms with van der Waals surface area (Å²) in [5.41, 5.74) is 1.27. The molecule has 0 aromatic heterocycles. The maximum absolute atomic E-state index is 6.02. The summed E-state index contributed by atoms with van der Waals surface area (Å²) >= 11 is 5.99. The predicted octanol–water partition coefficient (Wildman–Crippen LogP) is 3.78. The van der Waals surface area contributed by atoms with Gasteiger partial charge in [-0.05, 0) is 50.1 Å². The lowest BCUT2D eigenvalue weighted by Crippen LogP contribution is -2.43. The first-order chi connectivity index (χ1) is 9.70. The van der Waals surface area contributed by atoms with Crippen LogP contribution in [0.3, 0.4) is 0 Å². The number of hydrogen-bond acceptors (Lipinski definition) is 3. The van der Waals surface area contributed by atoms with Crippen LogP contribution in [-0.2, 0) is 4.74 Å². The van der Waals surface area contributed by atoms with E-state index in [1.807, 2.05) is 30.5 Å². The Morgan fingerprint density at radius 1 is 1.45 bits per heavy atom. The molecule has 0 saturated carbocycles. The molecule has 0 spiro atoms. The highest BCUT2D eigenvalue weighted by molar-refractivity contribution is 6.30. The van der Waals surface area contributed by atoms with Crippen molar-refractivity contribution >= 4 is 11.6 Å². The van der Waals surface area contributed by atoms with Crippen LogP contribution in [0.15, 0.2) is 36.1 Å². The lowest BCUT2D eigenvalue weighted by molar-refractivity contribution is 0.167. The maximum Gasteiger partial charge on any atom is 0.121 e. The van der Waals surface area contributed by atoms with Crippen LogP contribution in [-0.4, -0.2) is 25.3 Å². The number of ether oxygens (including phenoxy) is 2. The molecule has 3 nitrogen and oxygen atoms in total. The van der Waals surface area contributed by atoms with Gasteiger partial charge in [-0.2, -0.15) is 0 Å². The highest BCUT2D eigenvalue weighted by Crippen LogP contribution is 2.23. The molecule has 110 valence electrons. The molecule has 1 N–H and O–H groups in total. The first kappa shape index (κ1) is 15.2. The van der Waals surface area contributed by atoms with Crippen LogP contribution in [0.4, 0.5) is 0 Å². The van der Waals surface area contributed by atoms with Gasteiger partial charge in [0.2, 0.25) is 0 Å². The van der Waals surface area contributed by atoms with Crippen molar-refractivity contribution in [2.75, 3.05) is 13.2 Å². The number of halogens is 1. The van der Waals surface area contributed by atoms with Gasteiger partial charge in [-0.15, -0.1) is 0 Å². The lowest BCUT2D eigenvalue weighted by Gasteiger charge is -2.29. The zero-order valence-corrected chi connectivity index (χ0v) is 12.8. The second-order valence-corrected chi connectivity index (χ2v) is 5.42. The van der Waals surface area contributed by atoms with E-state index in [1.54, 1.807) is 0 Å². The highest BCUT2D eigenvalue weighted by Gasteiger charge is 2.24. The summed E-state index contributed by atoms with van der Waals surface area (Å²) < 4.78 is 11.5. The number of likely N-dealkylation sites (N-methyl/N-ethyl adjacent to an activating group) is 1. The van der Waals surface area contributed by atoms with Gasteiger partial charge in [0.05, 0.1) is 18.9 Å². The van der Waals surface area contributed by atoms with Crippen molar-refractivity contribution in [1.82, 2.24) is 5.32 Å². The van der Waals surface area contributed by atoms with E-state index in [1.165, 1.54) is 5.57 Å². The van der Waals surface area contributed by atoms with E-state index in [2.05, 4.69) is 19.2 Å². The summed E-state index contributed by atoms with van der Waals surface area (Å²) in [5, 5.41) is 4.17. The van der Waals surface area contributed by atoms with Crippen LogP contribution in [0, 0.1) is 0 Å². The van der Waals surface area contributed by atoms with E-state index >= 15 is 0 Å². The molecule has 1 aliphatic rings. The van der Waals surface area contributed by atoms with E-state index in [-0.39, 0.29) is 12.1 Å². The van der Waals surface area contributed by atoms with Gasteiger partial charge in [-0.3, -0.25) is 0 Å². The molecule has 20 heavy (non-hydrogen) atoms. The van der Waals surface area contributed by atoms with E-state index in [0.717, 1.165) is 31.7 Å². The Labute approximate surface area is 125 Å². The average Bonchev–Trinajstić information content (AvgIpc) is 2.45. The fraction of sp³-hybridized carbons (Fsp3) is 0.500. The number of hydrogen-bond donors (Lipinski definition) is 1. The lowest BCUT2D eigenvalue weighted by atomic mass is 9.98. The summed E-state index contributed by atoms with van der Waals surface area (Å²) in [4.78, 5) is 0. The minimum absolute atomic E-state index is 0.0152. The standard InChI is InChI=1S/C16H22ClNO2/c1-3-18-16(13-6-5-9-19-11-13)12(2)20-15-8-4-7-14(17)10-15/h4,7-8,10-12,16,18H,3,5-6,9H2,1-2H3. The Hall–Kier alpha value is -1.19. The monoisotopic (exact) mass is 295 g/mol. The van der Waals surface area contributed by atoms with E-state index in [0.29, 0.717) is 5.02 Å². The van der Waals surface area contributed by atoms with Gasteiger partial charge in [-0.25, -0.2) is 0 Å². The van der Waals surface area contributed by atoms with Crippen LogP contribution < -0.4 is 10.1 Å². The molecule has 2 rings (SSSR count). The van der Waals surface area contributed by atoms with E-state index in [9.17, 15) is 0 Å². The smallest absolute Gasteiger partial charge is 0.121 e. The summed E-state index contributed by atoms with van der Waals surface area (Å²) in [7, 11) is 0. The Kier molecular flexibility index (Phi) is 5.74. The minimum atomic E-state index is 0.0152. The number of nitrogens with one attached hydrogen (secondary N) is 1. The molecule has 0 fully saturated rings. The van der Waals surface area contributed by atoms with Crippen LogP contribution >= 0.6 is 11.6 Å². The van der Waals surface area contributed by atoms with Crippen LogP contribution in [0.1, 0.15) is 26.7 Å². The zero-order valence-electron chi connectivity index (χ0n) is 12.1. The van der Waals surface area contributed by atoms with Crippen LogP contribution in [0.5, 0.6) is 5.75 Å². The Bertz CT molecular complexity index is 462. The van der Waals surface area contributed by atoms with Crippen molar-refractivity contribution < 1.29 is 9.47 Å². The molecule has 1 aliphatic heterocycles. The molecule has 1 aromatic carbocycles. The van der Waals surface area contributed by atoms with Crippen molar-refractivity contribution in [3.63, 3.8) is 0 Å². The van der Waals surface area contributed by atoms with Crippen LogP contribution in [0.25, 0.3) is 0 Å². The maximum atomic E-state index is 6.02. The molecule has 2 atom stereocenters. The van der Waals surface area contributed by atoms with Crippen molar-refractivity contribution in [2.45, 2.75) is 38.8 Å². The second kappa shape index (κ2) is 7.55. The predicted molar refractivity (Wildman–Crippen MR) is 82.3 cm³/mol. The molecule has 0 aliphatic carbocycles. The quantitative estimate of drug-likeness (QED) is 0.866. The Morgan fingerprint density at radius 3 is 2.95 bits per heavy atom. The van der Waals surface area contributed by atoms with E-state index in [4.69, 9.17) is 21.1 Å². The minimum Gasteiger partial charge on any atom is -0.501 e. The molecule has 2 unspecified atom stereocenters. The van der Waals surface area contributed by atoms with Gasteiger partial charge < -0.3 is 14.8 Å². The Morgan fingerprint density at radius 2 is 2.30 bits per heavy atom. The third-order valence-corrected chi connectivity index (χ3v) is 3.61. The van der Waals surface area contributed by atoms with Crippen LogP contribution in [0.2, 0.25) is 5.02 Å². The molecular weight excluding hydrogens is 274 g/mol. The molecule has 0 saturated heterocycles. The molecule has 0 radical (unpaired) electrons. The summed E-state index contributed by atoms with van der Waals surface area (Å²) in [6.07, 6.45) is 4.02. The summed E-state index contributed by atoms with van der Waals surface area (Å²) in [6, 6.07) is 7.68. The first-order valence-electron chi connectivity index (χ1n) is 7.17. The molecular formula is C16H22ClNO2. The third-order valence-electron chi connectivity index (χ3n) is 3.37. The van der Waals surface area contributed by atoms with Crippen molar-refractivity contribution in [1.29, 1.82) is 0 Å². The number of rotatable bonds is 6. The zero-order chi connectivity index (χ0) is 14.4. The highest BCUT2D eigenvalue weighted by atomic mass is 35.5. The van der Waals surface area contributed by atoms with Crippen molar-refractivity contribution in [3.8, 4) is 5.75 Å². The molecule has 0 amide bonds. The molecule has 4 heteroatoms. The SMILES string of the molecule is CCNC(C1=COCCC1)C(C)Oc1cccc(Cl)c1.